The summed E-state index contributed by atoms with van der Waals surface area (Å²) in [7, 11) is -2.45. The molecule has 0 saturated heterocycles. The molecule has 0 amide bonds. The molecule has 0 aliphatic rings. The van der Waals surface area contributed by atoms with Gasteiger partial charge in [-0.05, 0) is 78.3 Å². The van der Waals surface area contributed by atoms with Gasteiger partial charge in [-0.25, -0.2) is 4.79 Å². The van der Waals surface area contributed by atoms with Crippen molar-refractivity contribution in [1.82, 2.24) is 0 Å². The maximum Gasteiger partial charge on any atom is 0.371 e. The number of hydrogen-bond acceptors (Lipinski definition) is 6. The molecule has 4 aromatic rings. The Morgan fingerprint density at radius 3 is 2.26 bits per heavy atom. The van der Waals surface area contributed by atoms with E-state index in [1.54, 1.807) is 18.2 Å². The fraction of sp³-hybridized carbons (Fsp3) is 0.206. The summed E-state index contributed by atoms with van der Waals surface area (Å²) in [6.07, 6.45) is 3.78. The normalized spacial score (nSPS) is 11.6. The third kappa shape index (κ3) is 9.24. The van der Waals surface area contributed by atoms with E-state index in [-0.39, 0.29) is 17.3 Å². The quantitative estimate of drug-likeness (QED) is 0.0994. The van der Waals surface area contributed by atoms with Crippen molar-refractivity contribution in [3.05, 3.63) is 136 Å². The number of hydrogen-bond donors (Lipinski definition) is 1. The molecule has 7 nitrogen and oxygen atoms in total. The van der Waals surface area contributed by atoms with E-state index in [1.807, 2.05) is 85.8 Å². The van der Waals surface area contributed by atoms with Gasteiger partial charge in [-0.2, -0.15) is 8.42 Å². The second-order valence-corrected chi connectivity index (χ2v) is 11.5. The van der Waals surface area contributed by atoms with E-state index in [0.29, 0.717) is 23.5 Å². The lowest BCUT2D eigenvalue weighted by Gasteiger charge is -2.13. The number of ether oxygens (including phenoxy) is 2. The zero-order valence-electron chi connectivity index (χ0n) is 23.7. The van der Waals surface area contributed by atoms with Crippen molar-refractivity contribution in [2.45, 2.75) is 38.5 Å². The van der Waals surface area contributed by atoms with E-state index in [2.05, 4.69) is 0 Å². The molecule has 0 saturated carbocycles. The fourth-order valence-corrected chi connectivity index (χ4v) is 5.52. The standard InChI is InChI=1S/C34H34O7S/c1-25-8-6-12-29(20-25)24-42(37,38)41-31-18-15-26(16-19-31)11-7-13-30-17-14-28(22-33(39-2)34(35)36)21-32(30)40-23-27-9-4-3-5-10-27/h3-6,8-10,12,14-22H,7,11,13,23-24H2,1-2H3,(H,35,36)/b33-22-. The van der Waals surface area contributed by atoms with Crippen LogP contribution in [0.2, 0.25) is 0 Å². The van der Waals surface area contributed by atoms with Gasteiger partial charge in [0.2, 0.25) is 5.76 Å². The van der Waals surface area contributed by atoms with Crippen molar-refractivity contribution in [3.8, 4) is 11.5 Å². The monoisotopic (exact) mass is 586 g/mol. The third-order valence-corrected chi connectivity index (χ3v) is 7.67. The molecule has 0 aromatic heterocycles. The fourth-order valence-electron chi connectivity index (χ4n) is 4.47. The van der Waals surface area contributed by atoms with Gasteiger partial charge < -0.3 is 18.8 Å². The van der Waals surface area contributed by atoms with Crippen LogP contribution in [0.5, 0.6) is 11.5 Å². The molecule has 0 unspecified atom stereocenters. The van der Waals surface area contributed by atoms with Crippen molar-refractivity contribution in [2.24, 2.45) is 0 Å². The summed E-state index contributed by atoms with van der Waals surface area (Å²) in [6, 6.07) is 29.9. The molecule has 0 fully saturated rings. The van der Waals surface area contributed by atoms with Crippen LogP contribution in [0.1, 0.15) is 39.8 Å². The number of carboxylic acid groups (broad SMARTS) is 1. The lowest BCUT2D eigenvalue weighted by molar-refractivity contribution is -0.135. The summed E-state index contributed by atoms with van der Waals surface area (Å²) in [4.78, 5) is 11.4. The predicted molar refractivity (Wildman–Crippen MR) is 163 cm³/mol. The summed E-state index contributed by atoms with van der Waals surface area (Å²) in [5.74, 6) is -0.539. The van der Waals surface area contributed by atoms with Crippen LogP contribution in [0.4, 0.5) is 0 Å². The van der Waals surface area contributed by atoms with Crippen LogP contribution in [0.15, 0.2) is 103 Å². The topological polar surface area (TPSA) is 99.1 Å². The zero-order chi connectivity index (χ0) is 30.0. The third-order valence-electron chi connectivity index (χ3n) is 6.54. The Bertz CT molecular complexity index is 1630. The summed E-state index contributed by atoms with van der Waals surface area (Å²) in [5.41, 5.74) is 5.41. The van der Waals surface area contributed by atoms with Gasteiger partial charge in [0.1, 0.15) is 23.9 Å². The molecule has 0 radical (unpaired) electrons. The highest BCUT2D eigenvalue weighted by atomic mass is 32.2. The number of benzene rings is 4. The maximum atomic E-state index is 12.5. The summed E-state index contributed by atoms with van der Waals surface area (Å²) in [5, 5.41) is 9.31. The van der Waals surface area contributed by atoms with Crippen molar-refractivity contribution in [3.63, 3.8) is 0 Å². The number of carbonyl (C=O) groups is 1. The molecule has 42 heavy (non-hydrogen) atoms. The van der Waals surface area contributed by atoms with Crippen molar-refractivity contribution in [1.29, 1.82) is 0 Å². The van der Waals surface area contributed by atoms with Crippen LogP contribution in [0.3, 0.4) is 0 Å². The van der Waals surface area contributed by atoms with E-state index in [1.165, 1.54) is 13.2 Å². The average Bonchev–Trinajstić information content (AvgIpc) is 2.96. The Morgan fingerprint density at radius 2 is 1.57 bits per heavy atom. The van der Waals surface area contributed by atoms with Gasteiger partial charge in [0.25, 0.3) is 0 Å². The van der Waals surface area contributed by atoms with E-state index < -0.39 is 16.1 Å². The van der Waals surface area contributed by atoms with E-state index in [0.717, 1.165) is 41.5 Å². The highest BCUT2D eigenvalue weighted by molar-refractivity contribution is 7.86. The molecular formula is C34H34O7S. The molecule has 0 spiro atoms. The minimum atomic E-state index is -3.78. The van der Waals surface area contributed by atoms with Gasteiger partial charge in [-0.1, -0.05) is 84.4 Å². The number of rotatable bonds is 14. The number of aryl methyl sites for hydroxylation is 3. The predicted octanol–water partition coefficient (Wildman–Crippen LogP) is 6.73. The highest BCUT2D eigenvalue weighted by Crippen LogP contribution is 2.26. The second kappa shape index (κ2) is 14.4. The van der Waals surface area contributed by atoms with Gasteiger partial charge in [0.15, 0.2) is 0 Å². The summed E-state index contributed by atoms with van der Waals surface area (Å²) < 4.78 is 41.5. The molecule has 0 bridgehead atoms. The SMILES string of the molecule is CO/C(=C\c1ccc(CCCc2ccc(OS(=O)(=O)Cc3cccc(C)c3)cc2)c(OCc2ccccc2)c1)C(=O)O. The first-order chi connectivity index (χ1) is 20.2. The molecular weight excluding hydrogens is 552 g/mol. The minimum absolute atomic E-state index is 0.160. The van der Waals surface area contributed by atoms with Gasteiger partial charge in [-0.15, -0.1) is 0 Å². The summed E-state index contributed by atoms with van der Waals surface area (Å²) >= 11 is 0. The van der Waals surface area contributed by atoms with Gasteiger partial charge in [0, 0.05) is 0 Å². The van der Waals surface area contributed by atoms with Crippen molar-refractivity contribution in [2.75, 3.05) is 7.11 Å². The van der Waals surface area contributed by atoms with Crippen LogP contribution in [-0.4, -0.2) is 26.6 Å². The first-order valence-corrected chi connectivity index (χ1v) is 15.1. The van der Waals surface area contributed by atoms with E-state index >= 15 is 0 Å². The van der Waals surface area contributed by atoms with Crippen LogP contribution in [0.25, 0.3) is 6.08 Å². The Labute approximate surface area is 247 Å². The maximum absolute atomic E-state index is 12.5. The van der Waals surface area contributed by atoms with Crippen molar-refractivity contribution >= 4 is 22.2 Å². The van der Waals surface area contributed by atoms with E-state index in [4.69, 9.17) is 13.7 Å². The van der Waals surface area contributed by atoms with Crippen molar-refractivity contribution < 1.29 is 32.0 Å². The Morgan fingerprint density at radius 1 is 0.833 bits per heavy atom. The molecule has 0 aliphatic heterocycles. The molecule has 0 heterocycles. The minimum Gasteiger partial charge on any atom is -0.490 e. The molecule has 8 heteroatoms. The molecule has 0 aliphatic carbocycles. The average molecular weight is 587 g/mol. The molecule has 4 rings (SSSR count). The smallest absolute Gasteiger partial charge is 0.371 e. The van der Waals surface area contributed by atoms with Crippen LogP contribution in [0, 0.1) is 6.92 Å². The lowest BCUT2D eigenvalue weighted by Crippen LogP contribution is -2.12. The van der Waals surface area contributed by atoms with Crippen LogP contribution < -0.4 is 8.92 Å². The first kappa shape index (κ1) is 30.4. The molecule has 1 N–H and O–H groups in total. The number of aliphatic carboxylic acids is 1. The largest absolute Gasteiger partial charge is 0.490 e. The molecule has 218 valence electrons. The Hall–Kier alpha value is -4.56. The van der Waals surface area contributed by atoms with E-state index in [9.17, 15) is 18.3 Å². The first-order valence-electron chi connectivity index (χ1n) is 13.6. The Balaban J connectivity index is 1.39. The van der Waals surface area contributed by atoms with Gasteiger partial charge in [-0.3, -0.25) is 0 Å². The summed E-state index contributed by atoms with van der Waals surface area (Å²) in [6.45, 7) is 2.30. The Kier molecular flexibility index (Phi) is 10.4. The molecule has 4 aromatic carbocycles. The second-order valence-electron chi connectivity index (χ2n) is 9.93. The van der Waals surface area contributed by atoms with Gasteiger partial charge >= 0.3 is 16.1 Å². The van der Waals surface area contributed by atoms with Crippen LogP contribution in [-0.2, 0) is 44.9 Å². The number of methoxy groups -OCH3 is 1. The highest BCUT2D eigenvalue weighted by Gasteiger charge is 2.15. The molecule has 0 atom stereocenters. The van der Waals surface area contributed by atoms with Gasteiger partial charge in [0.05, 0.1) is 7.11 Å². The van der Waals surface area contributed by atoms with Crippen LogP contribution >= 0.6 is 0 Å². The lowest BCUT2D eigenvalue weighted by atomic mass is 10.0. The number of carboxylic acids is 1. The zero-order valence-corrected chi connectivity index (χ0v) is 24.5.